The van der Waals surface area contributed by atoms with E-state index in [4.69, 9.17) is 19.4 Å². The van der Waals surface area contributed by atoms with Crippen LogP contribution in [0.1, 0.15) is 5.56 Å². The van der Waals surface area contributed by atoms with Gasteiger partial charge in [-0.2, -0.15) is 15.2 Å². The van der Waals surface area contributed by atoms with Crippen molar-refractivity contribution in [3.63, 3.8) is 0 Å². The maximum atomic E-state index is 9.51. The molecule has 0 aliphatic carbocycles. The summed E-state index contributed by atoms with van der Waals surface area (Å²) in [6, 6.07) is 55.4. The van der Waals surface area contributed by atoms with Gasteiger partial charge in [-0.25, -0.2) is 4.98 Å². The first-order valence-electron chi connectivity index (χ1n) is 17.4. The highest BCUT2D eigenvalue weighted by atomic mass is 16.3. The van der Waals surface area contributed by atoms with E-state index in [1.165, 1.54) is 0 Å². The summed E-state index contributed by atoms with van der Waals surface area (Å²) < 4.78 is 11.5. The molecular weight excluding hydrogens is 653 g/mol. The molecule has 11 aromatic rings. The number of furan rings is 1. The number of hydrogen-bond donors (Lipinski definition) is 0. The first-order valence-corrected chi connectivity index (χ1v) is 17.4. The smallest absolute Gasteiger partial charge is 0.238 e. The Kier molecular flexibility index (Phi) is 6.18. The predicted octanol–water partition coefficient (Wildman–Crippen LogP) is 11.2. The van der Waals surface area contributed by atoms with Crippen LogP contribution in [0.2, 0.25) is 0 Å². The highest BCUT2D eigenvalue weighted by Crippen LogP contribution is 2.49. The third-order valence-electron chi connectivity index (χ3n) is 10.2. The van der Waals surface area contributed by atoms with Crippen LogP contribution in [0.4, 0.5) is 0 Å². The summed E-state index contributed by atoms with van der Waals surface area (Å²) in [7, 11) is 0. The zero-order valence-corrected chi connectivity index (χ0v) is 28.1. The molecule has 0 amide bonds. The highest BCUT2D eigenvalue weighted by Gasteiger charge is 2.28. The van der Waals surface area contributed by atoms with Gasteiger partial charge >= 0.3 is 0 Å². The summed E-state index contributed by atoms with van der Waals surface area (Å²) in [5.41, 5.74) is 8.88. The fourth-order valence-electron chi connectivity index (χ4n) is 7.94. The fraction of sp³-hybridized carbons (Fsp3) is 0. The van der Waals surface area contributed by atoms with Gasteiger partial charge in [-0.05, 0) is 54.6 Å². The van der Waals surface area contributed by atoms with Crippen LogP contribution in [0.15, 0.2) is 162 Å². The number of benzene rings is 7. The van der Waals surface area contributed by atoms with Crippen molar-refractivity contribution in [1.29, 1.82) is 5.26 Å². The van der Waals surface area contributed by atoms with Crippen LogP contribution in [0.3, 0.4) is 0 Å². The van der Waals surface area contributed by atoms with Gasteiger partial charge in [0.15, 0.2) is 17.2 Å². The van der Waals surface area contributed by atoms with Gasteiger partial charge in [-0.1, -0.05) is 103 Å². The molecule has 11 rings (SSSR count). The molecule has 0 fully saturated rings. The summed E-state index contributed by atoms with van der Waals surface area (Å²) in [5.74, 6) is 1.51. The molecule has 4 aromatic heterocycles. The van der Waals surface area contributed by atoms with Crippen molar-refractivity contribution in [2.75, 3.05) is 0 Å². The average molecular weight is 679 g/mol. The minimum Gasteiger partial charge on any atom is -0.454 e. The van der Waals surface area contributed by atoms with Crippen LogP contribution in [0, 0.1) is 11.3 Å². The predicted molar refractivity (Wildman–Crippen MR) is 211 cm³/mol. The van der Waals surface area contributed by atoms with Crippen LogP contribution in [0.25, 0.3) is 100.0 Å². The molecule has 0 N–H and O–H groups in total. The lowest BCUT2D eigenvalue weighted by molar-refractivity contribution is 0.671. The minimum atomic E-state index is 0.466. The summed E-state index contributed by atoms with van der Waals surface area (Å²) in [4.78, 5) is 15.4. The topological polar surface area (TPSA) is 85.5 Å². The molecule has 0 saturated carbocycles. The first-order chi connectivity index (χ1) is 26.3. The molecule has 0 atom stereocenters. The number of fused-ring (bicyclic) bond motifs is 12. The Morgan fingerprint density at radius 1 is 0.472 bits per heavy atom. The second kappa shape index (κ2) is 11.2. The van der Waals surface area contributed by atoms with Gasteiger partial charge in [0.2, 0.25) is 5.95 Å². The van der Waals surface area contributed by atoms with Gasteiger partial charge < -0.3 is 8.98 Å². The zero-order chi connectivity index (χ0) is 35.0. The minimum absolute atomic E-state index is 0.466. The quantitative estimate of drug-likeness (QED) is 0.185. The lowest BCUT2D eigenvalue weighted by Crippen LogP contribution is -2.06. The third-order valence-corrected chi connectivity index (χ3v) is 10.2. The van der Waals surface area contributed by atoms with Gasteiger partial charge in [0, 0.05) is 49.1 Å². The van der Waals surface area contributed by atoms with Gasteiger partial charge in [0.05, 0.1) is 28.2 Å². The van der Waals surface area contributed by atoms with Crippen LogP contribution in [-0.4, -0.2) is 24.1 Å². The van der Waals surface area contributed by atoms with Crippen molar-refractivity contribution in [2.45, 2.75) is 0 Å². The van der Waals surface area contributed by atoms with E-state index in [0.29, 0.717) is 23.2 Å². The Balaban J connectivity index is 1.38. The van der Waals surface area contributed by atoms with Crippen LogP contribution in [-0.2, 0) is 0 Å². The summed E-state index contributed by atoms with van der Waals surface area (Å²) >= 11 is 0. The van der Waals surface area contributed by atoms with Crippen molar-refractivity contribution >= 4 is 65.6 Å². The van der Waals surface area contributed by atoms with Crippen LogP contribution in [0.5, 0.6) is 0 Å². The van der Waals surface area contributed by atoms with E-state index >= 15 is 0 Å². The average Bonchev–Trinajstić information content (AvgIpc) is 3.89. The van der Waals surface area contributed by atoms with Gasteiger partial charge in [0.25, 0.3) is 0 Å². The first kappa shape index (κ1) is 29.2. The van der Waals surface area contributed by atoms with E-state index in [1.807, 2.05) is 54.6 Å². The molecular formula is C46H26N6O. The van der Waals surface area contributed by atoms with Crippen molar-refractivity contribution < 1.29 is 4.42 Å². The summed E-state index contributed by atoms with van der Waals surface area (Å²) in [6.07, 6.45) is 0. The van der Waals surface area contributed by atoms with E-state index in [2.05, 4.69) is 106 Å². The monoisotopic (exact) mass is 678 g/mol. The Labute approximate surface area is 302 Å². The molecule has 53 heavy (non-hydrogen) atoms. The summed E-state index contributed by atoms with van der Waals surface area (Å²) in [6.45, 7) is 0. The van der Waals surface area contributed by atoms with E-state index in [1.54, 1.807) is 12.1 Å². The molecule has 0 aliphatic rings. The van der Waals surface area contributed by atoms with E-state index < -0.39 is 0 Å². The third kappa shape index (κ3) is 4.24. The number of rotatable bonds is 4. The fourth-order valence-corrected chi connectivity index (χ4v) is 7.94. The molecule has 0 unspecified atom stereocenters. The Hall–Kier alpha value is -7.56. The molecule has 0 aliphatic heterocycles. The Morgan fingerprint density at radius 3 is 1.74 bits per heavy atom. The highest BCUT2D eigenvalue weighted by molar-refractivity contribution is 6.39. The van der Waals surface area contributed by atoms with Gasteiger partial charge in [0.1, 0.15) is 11.1 Å². The van der Waals surface area contributed by atoms with E-state index in [9.17, 15) is 5.26 Å². The molecule has 4 heterocycles. The number of nitriles is 1. The lowest BCUT2D eigenvalue weighted by Gasteiger charge is -2.12. The van der Waals surface area contributed by atoms with E-state index in [-0.39, 0.29) is 0 Å². The van der Waals surface area contributed by atoms with Gasteiger partial charge in [-0.15, -0.1) is 0 Å². The molecule has 7 heteroatoms. The SMILES string of the molecule is N#Cc1ccc(-c2nc(-c3ccccc3)nc(-n3c4ccccc4c4c3c3oc5ccccc5c3c3c5ccccc5n(-c5ccccc5)c34)n2)cc1. The maximum absolute atomic E-state index is 9.51. The maximum Gasteiger partial charge on any atom is 0.238 e. The number of hydrogen-bond acceptors (Lipinski definition) is 5. The molecule has 7 nitrogen and oxygen atoms in total. The van der Waals surface area contributed by atoms with Crippen molar-refractivity contribution in [1.82, 2.24) is 24.1 Å². The molecule has 0 radical (unpaired) electrons. The van der Waals surface area contributed by atoms with Gasteiger partial charge in [-0.3, -0.25) is 4.57 Å². The lowest BCUT2D eigenvalue weighted by atomic mass is 10.0. The second-order valence-electron chi connectivity index (χ2n) is 13.1. The zero-order valence-electron chi connectivity index (χ0n) is 28.1. The largest absolute Gasteiger partial charge is 0.454 e. The normalized spacial score (nSPS) is 11.8. The van der Waals surface area contributed by atoms with Crippen LogP contribution < -0.4 is 0 Å². The number of aromatic nitrogens is 5. The summed E-state index contributed by atoms with van der Waals surface area (Å²) in [5, 5.41) is 16.0. The Bertz CT molecular complexity index is 3280. The molecule has 0 bridgehead atoms. The number of nitrogens with zero attached hydrogens (tertiary/aromatic N) is 6. The number of para-hydroxylation sites is 4. The molecule has 0 saturated heterocycles. The molecule has 0 spiro atoms. The molecule has 7 aromatic carbocycles. The van der Waals surface area contributed by atoms with Crippen molar-refractivity contribution in [3.05, 3.63) is 163 Å². The standard InChI is InChI=1S/C46H26N6O/c47-27-28-23-25-30(26-24-28)45-48-44(29-13-3-1-4-14-29)49-46(50-45)52-36-21-11-8-18-33(36)40-41-38(39-34-19-9-12-22-37(34)53-43(39)42(40)52)32-17-7-10-20-35(32)51(41)31-15-5-2-6-16-31/h1-26H. The molecule has 246 valence electrons. The second-order valence-corrected chi connectivity index (χ2v) is 13.1. The van der Waals surface area contributed by atoms with Crippen LogP contribution >= 0.6 is 0 Å². The van der Waals surface area contributed by atoms with Crippen molar-refractivity contribution in [2.24, 2.45) is 0 Å². The van der Waals surface area contributed by atoms with Crippen molar-refractivity contribution in [3.8, 4) is 40.5 Å². The van der Waals surface area contributed by atoms with E-state index in [0.717, 1.165) is 82.4 Å². The Morgan fingerprint density at radius 2 is 1.04 bits per heavy atom.